The lowest BCUT2D eigenvalue weighted by Gasteiger charge is -2.05. The summed E-state index contributed by atoms with van der Waals surface area (Å²) in [6.45, 7) is 1.94. The monoisotopic (exact) mass is 166 g/mol. The molecule has 3 nitrogen and oxygen atoms in total. The van der Waals surface area contributed by atoms with E-state index < -0.39 is 0 Å². The van der Waals surface area contributed by atoms with E-state index in [1.54, 1.807) is 0 Å². The molecule has 0 saturated carbocycles. The van der Waals surface area contributed by atoms with Crippen molar-refractivity contribution in [1.29, 1.82) is 0 Å². The molecule has 0 saturated heterocycles. The molecule has 0 spiro atoms. The third kappa shape index (κ3) is 3.37. The summed E-state index contributed by atoms with van der Waals surface area (Å²) in [7, 11) is 0. The lowest BCUT2D eigenvalue weighted by Crippen LogP contribution is -2.26. The van der Waals surface area contributed by atoms with Crippen LogP contribution in [0.15, 0.2) is 30.3 Å². The fraction of sp³-hybridized carbons (Fsp3) is 0.333. The van der Waals surface area contributed by atoms with Crippen LogP contribution in [0.25, 0.3) is 0 Å². The highest BCUT2D eigenvalue weighted by Gasteiger charge is 1.89. The van der Waals surface area contributed by atoms with Gasteiger partial charge in [-0.2, -0.15) is 0 Å². The molecule has 0 fully saturated rings. The molecule has 12 heavy (non-hydrogen) atoms. The molecule has 3 N–H and O–H groups in total. The van der Waals surface area contributed by atoms with E-state index in [0.29, 0.717) is 13.3 Å². The first-order chi connectivity index (χ1) is 5.93. The summed E-state index contributed by atoms with van der Waals surface area (Å²) >= 11 is 0. The molecule has 0 unspecified atom stereocenters. The van der Waals surface area contributed by atoms with Gasteiger partial charge in [-0.15, -0.1) is 0 Å². The smallest absolute Gasteiger partial charge is 0.119 e. The Kier molecular flexibility index (Phi) is 4.19. The Morgan fingerprint density at radius 1 is 1.25 bits per heavy atom. The molecule has 0 aliphatic rings. The number of hydrogen-bond donors (Lipinski definition) is 2. The van der Waals surface area contributed by atoms with Gasteiger partial charge in [0.25, 0.3) is 0 Å². The summed E-state index contributed by atoms with van der Waals surface area (Å²) in [5.74, 6) is 0.899. The van der Waals surface area contributed by atoms with E-state index in [2.05, 4.69) is 5.32 Å². The van der Waals surface area contributed by atoms with Crippen molar-refractivity contribution < 1.29 is 4.74 Å². The van der Waals surface area contributed by atoms with Crippen LogP contribution >= 0.6 is 0 Å². The van der Waals surface area contributed by atoms with E-state index >= 15 is 0 Å². The van der Waals surface area contributed by atoms with E-state index in [-0.39, 0.29) is 0 Å². The summed E-state index contributed by atoms with van der Waals surface area (Å²) in [6.07, 6.45) is 0. The van der Waals surface area contributed by atoms with Crippen LogP contribution in [0.5, 0.6) is 5.75 Å². The maximum Gasteiger partial charge on any atom is 0.119 e. The van der Waals surface area contributed by atoms with Gasteiger partial charge in [-0.25, -0.2) is 0 Å². The molecule has 0 bridgehead atoms. The van der Waals surface area contributed by atoms with Gasteiger partial charge in [-0.3, -0.25) is 0 Å². The van der Waals surface area contributed by atoms with Crippen molar-refractivity contribution >= 4 is 0 Å². The van der Waals surface area contributed by atoms with Gasteiger partial charge in [0.2, 0.25) is 0 Å². The van der Waals surface area contributed by atoms with Gasteiger partial charge in [-0.05, 0) is 12.1 Å². The third-order valence-electron chi connectivity index (χ3n) is 1.44. The molecule has 1 rings (SSSR count). The highest BCUT2D eigenvalue weighted by molar-refractivity contribution is 5.20. The summed E-state index contributed by atoms with van der Waals surface area (Å²) in [5, 5.41) is 2.97. The van der Waals surface area contributed by atoms with Crippen LogP contribution in [0.1, 0.15) is 0 Å². The third-order valence-corrected chi connectivity index (χ3v) is 1.44. The zero-order chi connectivity index (χ0) is 8.65. The Labute approximate surface area is 72.5 Å². The van der Waals surface area contributed by atoms with Crippen molar-refractivity contribution in [3.05, 3.63) is 30.3 Å². The van der Waals surface area contributed by atoms with Gasteiger partial charge in [0.15, 0.2) is 0 Å². The average molecular weight is 166 g/mol. The van der Waals surface area contributed by atoms with Crippen LogP contribution in [0.3, 0.4) is 0 Å². The fourth-order valence-corrected chi connectivity index (χ4v) is 0.860. The minimum Gasteiger partial charge on any atom is -0.492 e. The normalized spacial score (nSPS) is 9.75. The Hall–Kier alpha value is -1.06. The first-order valence-corrected chi connectivity index (χ1v) is 4.02. The predicted molar refractivity (Wildman–Crippen MR) is 49.0 cm³/mol. The largest absolute Gasteiger partial charge is 0.492 e. The highest BCUT2D eigenvalue weighted by Crippen LogP contribution is 2.07. The molecule has 1 aromatic carbocycles. The van der Waals surface area contributed by atoms with Crippen molar-refractivity contribution in [3.63, 3.8) is 0 Å². The second-order valence-electron chi connectivity index (χ2n) is 2.37. The minimum atomic E-state index is 0.498. The zero-order valence-electron chi connectivity index (χ0n) is 6.99. The highest BCUT2D eigenvalue weighted by atomic mass is 16.5. The molecule has 1 aromatic rings. The molecule has 0 amide bonds. The van der Waals surface area contributed by atoms with Crippen LogP contribution in [-0.2, 0) is 0 Å². The van der Waals surface area contributed by atoms with E-state index in [1.807, 2.05) is 30.3 Å². The van der Waals surface area contributed by atoms with Crippen molar-refractivity contribution in [1.82, 2.24) is 5.32 Å². The second kappa shape index (κ2) is 5.57. The molecular formula is C9H14N2O. The van der Waals surface area contributed by atoms with E-state index in [1.165, 1.54) is 0 Å². The van der Waals surface area contributed by atoms with Gasteiger partial charge >= 0.3 is 0 Å². The van der Waals surface area contributed by atoms with Crippen molar-refractivity contribution in [3.8, 4) is 5.75 Å². The Morgan fingerprint density at radius 3 is 2.67 bits per heavy atom. The van der Waals surface area contributed by atoms with Crippen molar-refractivity contribution in [2.24, 2.45) is 5.73 Å². The first kappa shape index (κ1) is 9.03. The molecule has 66 valence electrons. The average Bonchev–Trinajstić information content (AvgIpc) is 2.14. The molecule has 0 heterocycles. The van der Waals surface area contributed by atoms with E-state index in [4.69, 9.17) is 10.5 Å². The lowest BCUT2D eigenvalue weighted by molar-refractivity contribution is 0.315. The van der Waals surface area contributed by atoms with Gasteiger partial charge < -0.3 is 15.8 Å². The number of rotatable bonds is 5. The van der Waals surface area contributed by atoms with E-state index in [0.717, 1.165) is 12.3 Å². The van der Waals surface area contributed by atoms with Crippen LogP contribution in [-0.4, -0.2) is 19.8 Å². The van der Waals surface area contributed by atoms with Crippen LogP contribution in [0, 0.1) is 0 Å². The molecule has 0 aliphatic heterocycles. The van der Waals surface area contributed by atoms with Gasteiger partial charge in [0.05, 0.1) is 0 Å². The maximum absolute atomic E-state index is 5.39. The lowest BCUT2D eigenvalue weighted by atomic mass is 10.3. The molecule has 0 aromatic heterocycles. The standard InChI is InChI=1S/C9H14N2O/c10-8-11-6-7-12-9-4-2-1-3-5-9/h1-5,11H,6-8,10H2. The first-order valence-electron chi connectivity index (χ1n) is 4.02. The van der Waals surface area contributed by atoms with E-state index in [9.17, 15) is 0 Å². The molecular weight excluding hydrogens is 152 g/mol. The van der Waals surface area contributed by atoms with Crippen LogP contribution in [0.4, 0.5) is 0 Å². The molecule has 3 heteroatoms. The van der Waals surface area contributed by atoms with Gasteiger partial charge in [0.1, 0.15) is 12.4 Å². The van der Waals surface area contributed by atoms with Crippen LogP contribution < -0.4 is 15.8 Å². The Balaban J connectivity index is 2.16. The number of benzene rings is 1. The topological polar surface area (TPSA) is 47.3 Å². The Bertz CT molecular complexity index is 201. The summed E-state index contributed by atoms with van der Waals surface area (Å²) in [4.78, 5) is 0. The van der Waals surface area contributed by atoms with Gasteiger partial charge in [0, 0.05) is 13.2 Å². The quantitative estimate of drug-likeness (QED) is 0.496. The summed E-state index contributed by atoms with van der Waals surface area (Å²) in [5.41, 5.74) is 5.24. The Morgan fingerprint density at radius 2 is 2.00 bits per heavy atom. The zero-order valence-corrected chi connectivity index (χ0v) is 6.99. The SMILES string of the molecule is NCNCCOc1ccccc1. The number of nitrogens with one attached hydrogen (secondary N) is 1. The van der Waals surface area contributed by atoms with Gasteiger partial charge in [-0.1, -0.05) is 18.2 Å². The maximum atomic E-state index is 5.39. The molecule has 0 atom stereocenters. The van der Waals surface area contributed by atoms with Crippen LogP contribution in [0.2, 0.25) is 0 Å². The number of ether oxygens (including phenoxy) is 1. The summed E-state index contributed by atoms with van der Waals surface area (Å²) < 4.78 is 5.39. The minimum absolute atomic E-state index is 0.498. The molecule has 0 radical (unpaired) electrons. The summed E-state index contributed by atoms with van der Waals surface area (Å²) in [6, 6.07) is 9.73. The van der Waals surface area contributed by atoms with Crippen molar-refractivity contribution in [2.45, 2.75) is 0 Å². The second-order valence-corrected chi connectivity index (χ2v) is 2.37. The number of hydrogen-bond acceptors (Lipinski definition) is 3. The number of nitrogens with two attached hydrogens (primary N) is 1. The fourth-order valence-electron chi connectivity index (χ4n) is 0.860. The predicted octanol–water partition coefficient (Wildman–Crippen LogP) is 0.571. The number of para-hydroxylation sites is 1. The molecule has 0 aliphatic carbocycles. The van der Waals surface area contributed by atoms with Crippen molar-refractivity contribution in [2.75, 3.05) is 19.8 Å².